The van der Waals surface area contributed by atoms with Crippen LogP contribution in [0, 0.1) is 0 Å². The molecule has 0 atom stereocenters. The molecule has 2 aliphatic rings. The zero-order chi connectivity index (χ0) is 15.9. The smallest absolute Gasteiger partial charge is 0.233 e. The molecule has 1 aliphatic carbocycles. The number of anilines is 1. The van der Waals surface area contributed by atoms with Crippen molar-refractivity contribution >= 4 is 34.0 Å². The van der Waals surface area contributed by atoms with Gasteiger partial charge in [0.05, 0.1) is 5.41 Å². The summed E-state index contributed by atoms with van der Waals surface area (Å²) in [5.74, 6) is 0.263. The highest BCUT2D eigenvalue weighted by atomic mass is 35.5. The van der Waals surface area contributed by atoms with Crippen molar-refractivity contribution in [1.29, 1.82) is 0 Å². The summed E-state index contributed by atoms with van der Waals surface area (Å²) in [6, 6.07) is 7.77. The van der Waals surface area contributed by atoms with Crippen LogP contribution in [-0.2, 0) is 10.2 Å². The van der Waals surface area contributed by atoms with Crippen LogP contribution in [0.25, 0.3) is 0 Å². The lowest BCUT2D eigenvalue weighted by atomic mass is 9.94. The molecule has 1 saturated heterocycles. The summed E-state index contributed by atoms with van der Waals surface area (Å²) in [5.41, 5.74) is 0.742. The van der Waals surface area contributed by atoms with Gasteiger partial charge < -0.3 is 9.80 Å². The van der Waals surface area contributed by atoms with Crippen molar-refractivity contribution in [1.82, 2.24) is 9.88 Å². The van der Waals surface area contributed by atoms with E-state index in [0.29, 0.717) is 5.02 Å². The second-order valence-electron chi connectivity index (χ2n) is 6.19. The van der Waals surface area contributed by atoms with Gasteiger partial charge in [-0.3, -0.25) is 4.79 Å². The lowest BCUT2D eigenvalue weighted by molar-refractivity contribution is -0.134. The number of carbonyl (C=O) groups is 1. The number of hydrogen-bond acceptors (Lipinski definition) is 4. The van der Waals surface area contributed by atoms with Gasteiger partial charge in [-0.2, -0.15) is 0 Å². The van der Waals surface area contributed by atoms with Gasteiger partial charge in [-0.25, -0.2) is 4.98 Å². The van der Waals surface area contributed by atoms with E-state index in [2.05, 4.69) is 9.88 Å². The molecule has 1 aliphatic heterocycles. The van der Waals surface area contributed by atoms with Crippen LogP contribution in [0.2, 0.25) is 5.02 Å². The molecule has 0 radical (unpaired) electrons. The van der Waals surface area contributed by atoms with Gasteiger partial charge in [0.25, 0.3) is 0 Å². The zero-order valence-corrected chi connectivity index (χ0v) is 14.3. The third-order valence-corrected chi connectivity index (χ3v) is 5.86. The van der Waals surface area contributed by atoms with Gasteiger partial charge in [-0.15, -0.1) is 11.3 Å². The number of aromatic nitrogens is 1. The Morgan fingerprint density at radius 1 is 1.22 bits per heavy atom. The number of halogens is 1. The van der Waals surface area contributed by atoms with E-state index in [1.807, 2.05) is 40.7 Å². The van der Waals surface area contributed by atoms with Crippen LogP contribution in [0.4, 0.5) is 5.13 Å². The first-order chi connectivity index (χ1) is 11.2. The molecule has 1 saturated carbocycles. The Hall–Kier alpha value is -1.59. The number of piperazine rings is 1. The summed E-state index contributed by atoms with van der Waals surface area (Å²) < 4.78 is 0. The zero-order valence-electron chi connectivity index (χ0n) is 12.7. The molecule has 1 aromatic heterocycles. The van der Waals surface area contributed by atoms with Crippen LogP contribution >= 0.6 is 22.9 Å². The van der Waals surface area contributed by atoms with Gasteiger partial charge in [-0.1, -0.05) is 23.7 Å². The number of carbonyl (C=O) groups excluding carboxylic acids is 1. The van der Waals surface area contributed by atoms with Crippen molar-refractivity contribution in [3.63, 3.8) is 0 Å². The average molecular weight is 348 g/mol. The molecule has 0 bridgehead atoms. The van der Waals surface area contributed by atoms with Crippen molar-refractivity contribution in [2.75, 3.05) is 31.1 Å². The van der Waals surface area contributed by atoms with Gasteiger partial charge in [0.1, 0.15) is 0 Å². The molecule has 6 heteroatoms. The minimum atomic E-state index is -0.325. The van der Waals surface area contributed by atoms with E-state index in [4.69, 9.17) is 11.6 Å². The Kier molecular flexibility index (Phi) is 3.77. The highest BCUT2D eigenvalue weighted by Crippen LogP contribution is 2.50. The summed E-state index contributed by atoms with van der Waals surface area (Å²) in [7, 11) is 0. The van der Waals surface area contributed by atoms with Crippen LogP contribution in [0.5, 0.6) is 0 Å². The maximum Gasteiger partial charge on any atom is 0.233 e. The average Bonchev–Trinajstić information content (AvgIpc) is 3.21. The molecule has 23 heavy (non-hydrogen) atoms. The summed E-state index contributed by atoms with van der Waals surface area (Å²) in [6.45, 7) is 3.23. The summed E-state index contributed by atoms with van der Waals surface area (Å²) in [5, 5.41) is 3.74. The SMILES string of the molecule is O=C(N1CCN(c2nccs2)CC1)C1(c2cccc(Cl)c2)CC1. The maximum absolute atomic E-state index is 13.0. The molecular formula is C17H18ClN3OS. The Morgan fingerprint density at radius 2 is 2.00 bits per heavy atom. The first-order valence-corrected chi connectivity index (χ1v) is 9.15. The molecule has 1 aromatic carbocycles. The highest BCUT2D eigenvalue weighted by Gasteiger charge is 2.53. The van der Waals surface area contributed by atoms with E-state index in [9.17, 15) is 4.79 Å². The fraction of sp³-hybridized carbons (Fsp3) is 0.412. The predicted octanol–water partition coefficient (Wildman–Crippen LogP) is 3.18. The van der Waals surface area contributed by atoms with E-state index < -0.39 is 0 Å². The first kappa shape index (κ1) is 15.0. The van der Waals surface area contributed by atoms with Crippen LogP contribution in [0.15, 0.2) is 35.8 Å². The van der Waals surface area contributed by atoms with Crippen molar-refractivity contribution in [2.24, 2.45) is 0 Å². The summed E-state index contributed by atoms with van der Waals surface area (Å²) >= 11 is 7.76. The first-order valence-electron chi connectivity index (χ1n) is 7.89. The largest absolute Gasteiger partial charge is 0.345 e. The molecule has 0 spiro atoms. The molecule has 2 fully saturated rings. The van der Waals surface area contributed by atoms with Crippen LogP contribution < -0.4 is 4.90 Å². The Balaban J connectivity index is 1.46. The topological polar surface area (TPSA) is 36.4 Å². The minimum Gasteiger partial charge on any atom is -0.345 e. The van der Waals surface area contributed by atoms with Crippen molar-refractivity contribution < 1.29 is 4.79 Å². The molecule has 2 heterocycles. The quantitative estimate of drug-likeness (QED) is 0.855. The summed E-state index contributed by atoms with van der Waals surface area (Å²) in [6.07, 6.45) is 3.69. The normalized spacial score (nSPS) is 19.7. The van der Waals surface area contributed by atoms with E-state index in [1.54, 1.807) is 11.3 Å². The third-order valence-electron chi connectivity index (χ3n) is 4.79. The molecule has 0 N–H and O–H groups in total. The second kappa shape index (κ2) is 5.80. The second-order valence-corrected chi connectivity index (χ2v) is 7.50. The number of benzene rings is 1. The number of nitrogens with zero attached hydrogens (tertiary/aromatic N) is 3. The van der Waals surface area contributed by atoms with Crippen molar-refractivity contribution in [2.45, 2.75) is 18.3 Å². The molecule has 0 unspecified atom stereocenters. The number of thiazole rings is 1. The van der Waals surface area contributed by atoms with E-state index in [0.717, 1.165) is 49.7 Å². The molecule has 120 valence electrons. The number of hydrogen-bond donors (Lipinski definition) is 0. The van der Waals surface area contributed by atoms with Gasteiger partial charge >= 0.3 is 0 Å². The van der Waals surface area contributed by atoms with E-state index >= 15 is 0 Å². The van der Waals surface area contributed by atoms with Gasteiger partial charge in [-0.05, 0) is 30.5 Å². The maximum atomic E-state index is 13.0. The molecule has 1 amide bonds. The highest BCUT2D eigenvalue weighted by molar-refractivity contribution is 7.13. The minimum absolute atomic E-state index is 0.263. The van der Waals surface area contributed by atoms with Gasteiger partial charge in [0.15, 0.2) is 5.13 Å². The Morgan fingerprint density at radius 3 is 2.61 bits per heavy atom. The fourth-order valence-corrected chi connectivity index (χ4v) is 4.20. The van der Waals surface area contributed by atoms with Crippen LogP contribution in [0.3, 0.4) is 0 Å². The summed E-state index contributed by atoms with van der Waals surface area (Å²) in [4.78, 5) is 21.7. The van der Waals surface area contributed by atoms with Gasteiger partial charge in [0.2, 0.25) is 5.91 Å². The molecular weight excluding hydrogens is 330 g/mol. The van der Waals surface area contributed by atoms with E-state index in [-0.39, 0.29) is 11.3 Å². The standard InChI is InChI=1S/C17H18ClN3OS/c18-14-3-1-2-13(12-14)17(4-5-17)15(22)20-7-9-21(10-8-20)16-19-6-11-23-16/h1-3,6,11-12H,4-5,7-10H2. The molecule has 4 rings (SSSR count). The molecule has 4 nitrogen and oxygen atoms in total. The van der Waals surface area contributed by atoms with Gasteiger partial charge in [0, 0.05) is 42.8 Å². The Bertz CT molecular complexity index is 706. The lowest BCUT2D eigenvalue weighted by Crippen LogP contribution is -2.51. The van der Waals surface area contributed by atoms with E-state index in [1.165, 1.54) is 0 Å². The predicted molar refractivity (Wildman–Crippen MR) is 93.3 cm³/mol. The van der Waals surface area contributed by atoms with Crippen molar-refractivity contribution in [3.05, 3.63) is 46.4 Å². The van der Waals surface area contributed by atoms with Crippen LogP contribution in [0.1, 0.15) is 18.4 Å². The monoisotopic (exact) mass is 347 g/mol. The molecule has 2 aromatic rings. The third kappa shape index (κ3) is 2.72. The Labute approximate surface area is 144 Å². The fourth-order valence-electron chi connectivity index (χ4n) is 3.31. The van der Waals surface area contributed by atoms with Crippen LogP contribution in [-0.4, -0.2) is 42.0 Å². The number of rotatable bonds is 3. The number of amides is 1. The van der Waals surface area contributed by atoms with Crippen molar-refractivity contribution in [3.8, 4) is 0 Å². The lowest BCUT2D eigenvalue weighted by Gasteiger charge is -2.36.